The van der Waals surface area contributed by atoms with Crippen molar-refractivity contribution >= 4 is 28.0 Å². The van der Waals surface area contributed by atoms with Gasteiger partial charge in [0, 0.05) is 11.6 Å². The van der Waals surface area contributed by atoms with Gasteiger partial charge in [0.05, 0.1) is 6.61 Å². The van der Waals surface area contributed by atoms with Gasteiger partial charge in [0.25, 0.3) is 0 Å². The first-order valence-electron chi connectivity index (χ1n) is 4.71. The summed E-state index contributed by atoms with van der Waals surface area (Å²) in [7, 11) is 0. The van der Waals surface area contributed by atoms with Crippen LogP contribution in [0, 0.1) is 0 Å². The Kier molecular flexibility index (Phi) is 3.16. The zero-order chi connectivity index (χ0) is 11.4. The number of anilines is 3. The zero-order valence-corrected chi connectivity index (χ0v) is 9.49. The van der Waals surface area contributed by atoms with Gasteiger partial charge in [-0.1, -0.05) is 0 Å². The second-order valence-corrected chi connectivity index (χ2v) is 3.73. The number of ether oxygens (including phenoxy) is 1. The summed E-state index contributed by atoms with van der Waals surface area (Å²) < 4.78 is 5.26. The minimum Gasteiger partial charge on any atom is -0.476 e. The maximum Gasteiger partial charge on any atom is 0.242 e. The Balaban J connectivity index is 2.24. The lowest BCUT2D eigenvalue weighted by molar-refractivity contribution is 0.328. The molecule has 0 saturated heterocycles. The third-order valence-electron chi connectivity index (χ3n) is 1.79. The van der Waals surface area contributed by atoms with Gasteiger partial charge >= 0.3 is 0 Å². The van der Waals surface area contributed by atoms with Gasteiger partial charge in [0.15, 0.2) is 10.9 Å². The van der Waals surface area contributed by atoms with Crippen LogP contribution in [-0.4, -0.2) is 21.6 Å². The molecule has 3 N–H and O–H groups in total. The number of aromatic nitrogens is 3. The minimum atomic E-state index is 0.386. The standard InChI is InChI=1S/C9H11N5OS/c1-2-15-8-6(10)7(12-5-13-8)14-9-11-3-4-16-9/h3-5H,2,10H2,1H3,(H,11,12,13,14). The maximum atomic E-state index is 5.85. The predicted octanol–water partition coefficient (Wildman–Crippen LogP) is 1.66. The number of thiazole rings is 1. The molecular weight excluding hydrogens is 226 g/mol. The van der Waals surface area contributed by atoms with E-state index in [0.29, 0.717) is 24.0 Å². The van der Waals surface area contributed by atoms with E-state index in [2.05, 4.69) is 20.3 Å². The van der Waals surface area contributed by atoms with Gasteiger partial charge in [-0.25, -0.2) is 9.97 Å². The molecule has 0 unspecified atom stereocenters. The SMILES string of the molecule is CCOc1ncnc(Nc2nccs2)c1N. The number of hydrogen-bond acceptors (Lipinski definition) is 7. The second kappa shape index (κ2) is 4.75. The fraction of sp³-hybridized carbons (Fsp3) is 0.222. The van der Waals surface area contributed by atoms with E-state index in [1.807, 2.05) is 12.3 Å². The van der Waals surface area contributed by atoms with E-state index in [4.69, 9.17) is 10.5 Å². The highest BCUT2D eigenvalue weighted by Crippen LogP contribution is 2.27. The molecule has 0 aliphatic carbocycles. The predicted molar refractivity (Wildman–Crippen MR) is 63.0 cm³/mol. The molecule has 16 heavy (non-hydrogen) atoms. The fourth-order valence-corrected chi connectivity index (χ4v) is 1.65. The third kappa shape index (κ3) is 2.19. The first-order chi connectivity index (χ1) is 7.81. The summed E-state index contributed by atoms with van der Waals surface area (Å²) in [6.07, 6.45) is 3.10. The van der Waals surface area contributed by atoms with Crippen LogP contribution >= 0.6 is 11.3 Å². The Bertz CT molecular complexity index is 459. The first kappa shape index (κ1) is 10.6. The quantitative estimate of drug-likeness (QED) is 0.841. The molecular formula is C9H11N5OS. The summed E-state index contributed by atoms with van der Waals surface area (Å²) in [4.78, 5) is 12.1. The lowest BCUT2D eigenvalue weighted by Crippen LogP contribution is -2.04. The van der Waals surface area contributed by atoms with E-state index in [-0.39, 0.29) is 0 Å². The van der Waals surface area contributed by atoms with Gasteiger partial charge in [0.1, 0.15) is 12.0 Å². The van der Waals surface area contributed by atoms with Crippen molar-refractivity contribution in [3.63, 3.8) is 0 Å². The molecule has 0 fully saturated rings. The van der Waals surface area contributed by atoms with Crippen molar-refractivity contribution < 1.29 is 4.74 Å². The van der Waals surface area contributed by atoms with E-state index in [0.717, 1.165) is 5.13 Å². The van der Waals surface area contributed by atoms with Gasteiger partial charge < -0.3 is 15.8 Å². The van der Waals surface area contributed by atoms with Crippen LogP contribution in [0.5, 0.6) is 5.88 Å². The van der Waals surface area contributed by atoms with Gasteiger partial charge in [-0.05, 0) is 6.92 Å². The molecule has 2 aromatic heterocycles. The van der Waals surface area contributed by atoms with E-state index in [9.17, 15) is 0 Å². The number of nitrogen functional groups attached to an aromatic ring is 1. The molecule has 0 spiro atoms. The van der Waals surface area contributed by atoms with Crippen molar-refractivity contribution in [2.75, 3.05) is 17.7 Å². The number of nitrogens with zero attached hydrogens (tertiary/aromatic N) is 3. The highest BCUT2D eigenvalue weighted by molar-refractivity contribution is 7.13. The van der Waals surface area contributed by atoms with E-state index in [1.54, 1.807) is 6.20 Å². The molecule has 0 bridgehead atoms. The van der Waals surface area contributed by atoms with Crippen molar-refractivity contribution in [3.8, 4) is 5.88 Å². The average molecular weight is 237 g/mol. The van der Waals surface area contributed by atoms with Crippen molar-refractivity contribution in [3.05, 3.63) is 17.9 Å². The Hall–Kier alpha value is -1.89. The Morgan fingerprint density at radius 3 is 3.00 bits per heavy atom. The van der Waals surface area contributed by atoms with Gasteiger partial charge in [-0.2, -0.15) is 4.98 Å². The van der Waals surface area contributed by atoms with Crippen molar-refractivity contribution in [1.82, 2.24) is 15.0 Å². The van der Waals surface area contributed by atoms with Crippen LogP contribution in [-0.2, 0) is 0 Å². The highest BCUT2D eigenvalue weighted by atomic mass is 32.1. The number of hydrogen-bond donors (Lipinski definition) is 2. The van der Waals surface area contributed by atoms with Gasteiger partial charge in [0.2, 0.25) is 5.88 Å². The van der Waals surface area contributed by atoms with Crippen LogP contribution in [0.4, 0.5) is 16.6 Å². The second-order valence-electron chi connectivity index (χ2n) is 2.84. The van der Waals surface area contributed by atoms with Crippen LogP contribution in [0.25, 0.3) is 0 Å². The summed E-state index contributed by atoms with van der Waals surface area (Å²) in [5.74, 6) is 0.893. The molecule has 0 radical (unpaired) electrons. The Morgan fingerprint density at radius 2 is 2.31 bits per heavy atom. The molecule has 0 aliphatic rings. The number of nitrogens with one attached hydrogen (secondary N) is 1. The first-order valence-corrected chi connectivity index (χ1v) is 5.59. The third-order valence-corrected chi connectivity index (χ3v) is 2.47. The zero-order valence-electron chi connectivity index (χ0n) is 8.67. The van der Waals surface area contributed by atoms with Crippen LogP contribution < -0.4 is 15.8 Å². The number of nitrogens with two attached hydrogens (primary N) is 1. The van der Waals surface area contributed by atoms with E-state index in [1.165, 1.54) is 17.7 Å². The Labute approximate surface area is 96.5 Å². The van der Waals surface area contributed by atoms with E-state index >= 15 is 0 Å². The largest absolute Gasteiger partial charge is 0.476 e. The fourth-order valence-electron chi connectivity index (χ4n) is 1.12. The topological polar surface area (TPSA) is 86.0 Å². The van der Waals surface area contributed by atoms with Crippen molar-refractivity contribution in [1.29, 1.82) is 0 Å². The van der Waals surface area contributed by atoms with Crippen molar-refractivity contribution in [2.24, 2.45) is 0 Å². The molecule has 2 heterocycles. The van der Waals surface area contributed by atoms with Crippen LogP contribution in [0.2, 0.25) is 0 Å². The number of rotatable bonds is 4. The lowest BCUT2D eigenvalue weighted by atomic mass is 10.4. The molecule has 6 nitrogen and oxygen atoms in total. The molecule has 0 atom stereocenters. The smallest absolute Gasteiger partial charge is 0.242 e. The molecule has 84 valence electrons. The van der Waals surface area contributed by atoms with Crippen LogP contribution in [0.3, 0.4) is 0 Å². The summed E-state index contributed by atoms with van der Waals surface area (Å²) in [6, 6.07) is 0. The molecule has 0 aliphatic heterocycles. The Morgan fingerprint density at radius 1 is 1.44 bits per heavy atom. The molecule has 7 heteroatoms. The van der Waals surface area contributed by atoms with Crippen LogP contribution in [0.1, 0.15) is 6.92 Å². The maximum absolute atomic E-state index is 5.85. The summed E-state index contributed by atoms with van der Waals surface area (Å²) >= 11 is 1.47. The van der Waals surface area contributed by atoms with Crippen molar-refractivity contribution in [2.45, 2.75) is 6.92 Å². The molecule has 2 aromatic rings. The summed E-state index contributed by atoms with van der Waals surface area (Å²) in [6.45, 7) is 2.38. The highest BCUT2D eigenvalue weighted by Gasteiger charge is 2.09. The minimum absolute atomic E-state index is 0.386. The normalized spacial score (nSPS) is 10.1. The van der Waals surface area contributed by atoms with E-state index < -0.39 is 0 Å². The molecule has 0 saturated carbocycles. The van der Waals surface area contributed by atoms with Gasteiger partial charge in [-0.3, -0.25) is 0 Å². The summed E-state index contributed by atoms with van der Waals surface area (Å²) in [5.41, 5.74) is 6.24. The lowest BCUT2D eigenvalue weighted by Gasteiger charge is -2.08. The summed E-state index contributed by atoms with van der Waals surface area (Å²) in [5, 5.41) is 5.60. The van der Waals surface area contributed by atoms with Gasteiger partial charge in [-0.15, -0.1) is 11.3 Å². The molecule has 0 aromatic carbocycles. The monoisotopic (exact) mass is 237 g/mol. The van der Waals surface area contributed by atoms with Crippen LogP contribution in [0.15, 0.2) is 17.9 Å². The molecule has 0 amide bonds. The average Bonchev–Trinajstić information content (AvgIpc) is 2.77. The molecule has 2 rings (SSSR count).